The maximum absolute atomic E-state index is 14.5. The average molecular weight is 547 g/mol. The maximum atomic E-state index is 14.5. The van der Waals surface area contributed by atoms with Gasteiger partial charge >= 0.3 is 0 Å². The Morgan fingerprint density at radius 3 is 2.49 bits per heavy atom. The Labute approximate surface area is 238 Å². The summed E-state index contributed by atoms with van der Waals surface area (Å²) in [4.78, 5) is 26.0. The number of likely N-dealkylation sites (tertiary alicyclic amines) is 1. The second kappa shape index (κ2) is 10.2. The number of phenols is 1. The normalized spacial score (nSPS) is 16.8. The van der Waals surface area contributed by atoms with Crippen molar-refractivity contribution in [2.75, 3.05) is 20.1 Å². The number of piperidine rings is 1. The van der Waals surface area contributed by atoms with E-state index in [1.54, 1.807) is 17.0 Å². The van der Waals surface area contributed by atoms with Gasteiger partial charge in [-0.2, -0.15) is 0 Å². The van der Waals surface area contributed by atoms with Crippen molar-refractivity contribution in [2.24, 2.45) is 0 Å². The number of aromatic hydroxyl groups is 1. The number of imidazole rings is 1. The summed E-state index contributed by atoms with van der Waals surface area (Å²) in [5.41, 5.74) is 6.73. The van der Waals surface area contributed by atoms with Crippen molar-refractivity contribution in [1.29, 1.82) is 0 Å². The third kappa shape index (κ3) is 4.56. The molecule has 2 aliphatic rings. The number of phenolic OH excluding ortho intramolecular Hbond substituents is 1. The van der Waals surface area contributed by atoms with Crippen LogP contribution in [0.1, 0.15) is 57.7 Å². The summed E-state index contributed by atoms with van der Waals surface area (Å²) in [5.74, 6) is -0.340. The van der Waals surface area contributed by atoms with Crippen molar-refractivity contribution in [3.63, 3.8) is 0 Å². The van der Waals surface area contributed by atoms with Crippen LogP contribution in [0.5, 0.6) is 5.75 Å². The van der Waals surface area contributed by atoms with Crippen molar-refractivity contribution < 1.29 is 14.3 Å². The monoisotopic (exact) mass is 546 g/mol. The van der Waals surface area contributed by atoms with Crippen LogP contribution in [-0.2, 0) is 6.54 Å². The van der Waals surface area contributed by atoms with Gasteiger partial charge in [-0.3, -0.25) is 4.79 Å². The van der Waals surface area contributed by atoms with Crippen LogP contribution >= 0.6 is 0 Å². The Morgan fingerprint density at radius 2 is 1.71 bits per heavy atom. The molecule has 2 N–H and O–H groups in total. The number of H-pyrrole nitrogens is 1. The summed E-state index contributed by atoms with van der Waals surface area (Å²) in [7, 11) is 2.18. The zero-order valence-electron chi connectivity index (χ0n) is 22.8. The van der Waals surface area contributed by atoms with Gasteiger partial charge in [0.2, 0.25) is 0 Å². The van der Waals surface area contributed by atoms with E-state index in [1.165, 1.54) is 24.5 Å². The second-order valence-electron chi connectivity index (χ2n) is 11.2. The van der Waals surface area contributed by atoms with Gasteiger partial charge in [0.15, 0.2) is 11.6 Å². The van der Waals surface area contributed by atoms with Crippen molar-refractivity contribution in [2.45, 2.75) is 31.3 Å². The predicted octanol–water partition coefficient (Wildman–Crippen LogP) is 6.63. The number of carbonyl (C=O) groups excluding carboxylic acids is 1. The molecule has 0 spiro atoms. The Bertz CT molecular complexity index is 1720. The molecule has 5 aromatic rings. The number of carbonyl (C=O) groups is 1. The largest absolute Gasteiger partial charge is 0.505 e. The van der Waals surface area contributed by atoms with Crippen LogP contribution in [0.25, 0.3) is 22.2 Å². The lowest BCUT2D eigenvalue weighted by Crippen LogP contribution is -2.31. The lowest BCUT2D eigenvalue weighted by Gasteiger charge is -2.29. The first-order valence-electron chi connectivity index (χ1n) is 14.1. The molecule has 1 atom stereocenters. The van der Waals surface area contributed by atoms with E-state index in [0.717, 1.165) is 40.8 Å². The van der Waals surface area contributed by atoms with Crippen LogP contribution in [-0.4, -0.2) is 50.9 Å². The van der Waals surface area contributed by atoms with Crippen molar-refractivity contribution >= 4 is 16.9 Å². The molecule has 0 radical (unpaired) electrons. The van der Waals surface area contributed by atoms with Gasteiger partial charge in [0.05, 0.1) is 11.0 Å². The van der Waals surface area contributed by atoms with Crippen LogP contribution in [0.4, 0.5) is 4.39 Å². The molecule has 1 unspecified atom stereocenters. The fourth-order valence-electron chi connectivity index (χ4n) is 6.32. The van der Waals surface area contributed by atoms with Crippen LogP contribution < -0.4 is 0 Å². The van der Waals surface area contributed by atoms with Gasteiger partial charge in [-0.1, -0.05) is 60.7 Å². The van der Waals surface area contributed by atoms with Crippen LogP contribution in [0.3, 0.4) is 0 Å². The van der Waals surface area contributed by atoms with Crippen molar-refractivity contribution in [3.8, 4) is 16.9 Å². The Balaban J connectivity index is 1.22. The molecule has 7 rings (SSSR count). The molecule has 1 amide bonds. The summed E-state index contributed by atoms with van der Waals surface area (Å²) in [5, 5.41) is 10.7. The van der Waals surface area contributed by atoms with Gasteiger partial charge in [-0.15, -0.1) is 0 Å². The highest BCUT2D eigenvalue weighted by atomic mass is 19.1. The first kappa shape index (κ1) is 25.5. The number of amides is 1. The molecule has 3 heterocycles. The fourth-order valence-corrected chi connectivity index (χ4v) is 6.32. The van der Waals surface area contributed by atoms with E-state index in [2.05, 4.69) is 47.3 Å². The number of aromatic nitrogens is 2. The number of hydrogen-bond donors (Lipinski definition) is 2. The zero-order valence-corrected chi connectivity index (χ0v) is 22.8. The molecule has 2 aliphatic heterocycles. The number of fused-ring (bicyclic) bond motifs is 2. The summed E-state index contributed by atoms with van der Waals surface area (Å²) in [6.07, 6.45) is 2.35. The fraction of sp³-hybridized carbons (Fsp3) is 0.235. The SMILES string of the molecule is CN1CCC(c2ccc(-c3ccc4c(c3)C(=O)N(C(c3nc5ccccc5[nH]3)c3cccc(F)c3O)C4)cc2)CC1. The molecule has 0 saturated carbocycles. The molecule has 0 aliphatic carbocycles. The molecule has 0 bridgehead atoms. The topological polar surface area (TPSA) is 72.5 Å². The number of rotatable bonds is 5. The third-order valence-electron chi connectivity index (χ3n) is 8.67. The summed E-state index contributed by atoms with van der Waals surface area (Å²) < 4.78 is 14.5. The van der Waals surface area contributed by atoms with Gasteiger partial charge in [-0.25, -0.2) is 9.37 Å². The number of aromatic amines is 1. The molecule has 41 heavy (non-hydrogen) atoms. The van der Waals surface area contributed by atoms with E-state index in [1.807, 2.05) is 36.4 Å². The smallest absolute Gasteiger partial charge is 0.255 e. The number of benzene rings is 4. The second-order valence-corrected chi connectivity index (χ2v) is 11.2. The van der Waals surface area contributed by atoms with Crippen LogP contribution in [0, 0.1) is 5.82 Å². The lowest BCUT2D eigenvalue weighted by atomic mass is 9.88. The van der Waals surface area contributed by atoms with E-state index < -0.39 is 17.6 Å². The molecule has 4 aromatic carbocycles. The van der Waals surface area contributed by atoms with Crippen molar-refractivity contribution in [3.05, 3.63) is 119 Å². The minimum atomic E-state index is -0.796. The van der Waals surface area contributed by atoms with Gasteiger partial charge in [0.1, 0.15) is 11.9 Å². The van der Waals surface area contributed by atoms with E-state index in [-0.39, 0.29) is 11.5 Å². The molecular weight excluding hydrogens is 515 g/mol. The molecule has 6 nitrogen and oxygen atoms in total. The molecule has 7 heteroatoms. The third-order valence-corrected chi connectivity index (χ3v) is 8.67. The number of para-hydroxylation sites is 3. The summed E-state index contributed by atoms with van der Waals surface area (Å²) in [6, 6.07) is 25.9. The highest BCUT2D eigenvalue weighted by molar-refractivity contribution is 6.00. The van der Waals surface area contributed by atoms with Gasteiger partial charge in [0.25, 0.3) is 5.91 Å². The first-order valence-corrected chi connectivity index (χ1v) is 14.1. The average Bonchev–Trinajstić information content (AvgIpc) is 3.57. The molecule has 206 valence electrons. The number of hydrogen-bond acceptors (Lipinski definition) is 4. The van der Waals surface area contributed by atoms with E-state index in [0.29, 0.717) is 23.9 Å². The highest BCUT2D eigenvalue weighted by Crippen LogP contribution is 2.40. The van der Waals surface area contributed by atoms with Gasteiger partial charge in [-0.05, 0) is 85.4 Å². The molecular formula is C34H31FN4O2. The van der Waals surface area contributed by atoms with E-state index in [4.69, 9.17) is 4.98 Å². The molecule has 1 fully saturated rings. The minimum Gasteiger partial charge on any atom is -0.505 e. The molecule has 1 aromatic heterocycles. The van der Waals surface area contributed by atoms with Crippen LogP contribution in [0.2, 0.25) is 0 Å². The Kier molecular flexibility index (Phi) is 6.31. The number of nitrogens with one attached hydrogen (secondary N) is 1. The Morgan fingerprint density at radius 1 is 0.951 bits per heavy atom. The standard InChI is InChI=1S/C34H31FN4O2/c1-38-17-15-23(16-18-38)21-9-11-22(12-10-21)24-13-14-25-20-39(34(41)27(25)19-24)31(26-5-4-6-28(35)32(26)40)33-36-29-7-2-3-8-30(29)37-33/h2-14,19,23,31,40H,15-18,20H2,1H3,(H,36,37). The lowest BCUT2D eigenvalue weighted by molar-refractivity contribution is 0.0723. The van der Waals surface area contributed by atoms with Crippen molar-refractivity contribution in [1.82, 2.24) is 19.8 Å². The van der Waals surface area contributed by atoms with Gasteiger partial charge < -0.3 is 19.9 Å². The quantitative estimate of drug-likeness (QED) is 0.260. The van der Waals surface area contributed by atoms with Gasteiger partial charge in [0, 0.05) is 17.7 Å². The predicted molar refractivity (Wildman–Crippen MR) is 157 cm³/mol. The van der Waals surface area contributed by atoms with E-state index >= 15 is 0 Å². The minimum absolute atomic E-state index is 0.182. The maximum Gasteiger partial charge on any atom is 0.255 e. The zero-order chi connectivity index (χ0) is 28.1. The Hall–Kier alpha value is -4.49. The van der Waals surface area contributed by atoms with Crippen LogP contribution in [0.15, 0.2) is 84.9 Å². The number of halogens is 1. The molecule has 1 saturated heterocycles. The summed E-state index contributed by atoms with van der Waals surface area (Å²) >= 11 is 0. The summed E-state index contributed by atoms with van der Waals surface area (Å²) in [6.45, 7) is 2.57. The highest BCUT2D eigenvalue weighted by Gasteiger charge is 2.38. The van der Waals surface area contributed by atoms with E-state index in [9.17, 15) is 14.3 Å². The first-order chi connectivity index (χ1) is 20.0. The number of nitrogens with zero attached hydrogens (tertiary/aromatic N) is 3.